The lowest BCUT2D eigenvalue weighted by atomic mass is 9.84. The van der Waals surface area contributed by atoms with Gasteiger partial charge >= 0.3 is 5.97 Å². The number of carbonyl (C=O) groups excluding carboxylic acids is 2. The summed E-state index contributed by atoms with van der Waals surface area (Å²) in [6, 6.07) is 7.13. The molecule has 0 aliphatic carbocycles. The Morgan fingerprint density at radius 2 is 1.79 bits per heavy atom. The quantitative estimate of drug-likeness (QED) is 0.406. The van der Waals surface area contributed by atoms with Crippen molar-refractivity contribution in [3.63, 3.8) is 0 Å². The number of hydrogen-bond donors (Lipinski definition) is 2. The van der Waals surface area contributed by atoms with Crippen LogP contribution in [0.1, 0.15) is 46.5 Å². The average molecular weight is 485 g/mol. The van der Waals surface area contributed by atoms with Crippen LogP contribution in [0.2, 0.25) is 0 Å². The first-order chi connectivity index (χ1) is 15.4. The van der Waals surface area contributed by atoms with Crippen LogP contribution in [0.25, 0.3) is 0 Å². The summed E-state index contributed by atoms with van der Waals surface area (Å²) in [6.45, 7) is 6.78. The Balaban J connectivity index is 1.47. The van der Waals surface area contributed by atoms with Crippen molar-refractivity contribution < 1.29 is 32.4 Å². The van der Waals surface area contributed by atoms with Crippen LogP contribution >= 0.6 is 0 Å². The maximum atomic E-state index is 12.7. The minimum Gasteiger partial charge on any atom is -0.457 e. The van der Waals surface area contributed by atoms with Gasteiger partial charge in [-0.3, -0.25) is 9.59 Å². The number of anilines is 1. The van der Waals surface area contributed by atoms with Crippen LogP contribution in [-0.4, -0.2) is 74.1 Å². The summed E-state index contributed by atoms with van der Waals surface area (Å²) in [7, 11) is -4.45. The van der Waals surface area contributed by atoms with Gasteiger partial charge in [0.15, 0.2) is 0 Å². The molecule has 9 nitrogen and oxygen atoms in total. The van der Waals surface area contributed by atoms with Gasteiger partial charge in [0.2, 0.25) is 12.7 Å². The molecule has 186 valence electrons. The zero-order valence-corrected chi connectivity index (χ0v) is 20.5. The highest BCUT2D eigenvalue weighted by Crippen LogP contribution is 2.30. The number of esters is 1. The lowest BCUT2D eigenvalue weighted by Crippen LogP contribution is -2.52. The van der Waals surface area contributed by atoms with Gasteiger partial charge < -0.3 is 28.4 Å². The number of hydrogen-bond acceptors (Lipinski definition) is 6. The Hall–Kier alpha value is -2.17. The van der Waals surface area contributed by atoms with Crippen LogP contribution in [0.5, 0.6) is 5.75 Å². The molecule has 3 rings (SSSR count). The molecule has 2 fully saturated rings. The monoisotopic (exact) mass is 484 g/mol. The molecule has 2 aliphatic heterocycles. The second kappa shape index (κ2) is 9.60. The van der Waals surface area contributed by atoms with E-state index in [0.29, 0.717) is 18.6 Å². The highest BCUT2D eigenvalue weighted by atomic mass is 32.3. The summed E-state index contributed by atoms with van der Waals surface area (Å²) in [6.07, 6.45) is 2.77. The number of ether oxygens (including phenoxy) is 2. The molecule has 33 heavy (non-hydrogen) atoms. The summed E-state index contributed by atoms with van der Waals surface area (Å²) >= 11 is 0. The van der Waals surface area contributed by atoms with E-state index in [0.717, 1.165) is 25.1 Å². The minimum atomic E-state index is -4.45. The van der Waals surface area contributed by atoms with Crippen LogP contribution in [-0.2, 0) is 24.0 Å². The van der Waals surface area contributed by atoms with E-state index in [4.69, 9.17) is 9.47 Å². The molecule has 0 radical (unpaired) electrons. The molecule has 2 aliphatic rings. The van der Waals surface area contributed by atoms with Gasteiger partial charge in [0.1, 0.15) is 5.75 Å². The van der Waals surface area contributed by atoms with Gasteiger partial charge in [0.05, 0.1) is 26.5 Å². The lowest BCUT2D eigenvalue weighted by Gasteiger charge is -2.40. The van der Waals surface area contributed by atoms with Gasteiger partial charge in [-0.25, -0.2) is 4.21 Å². The molecule has 1 unspecified atom stereocenters. The van der Waals surface area contributed by atoms with E-state index < -0.39 is 15.0 Å². The number of rotatable bonds is 9. The fourth-order valence-corrected chi connectivity index (χ4v) is 5.74. The zero-order chi connectivity index (χ0) is 24.3. The molecule has 0 bridgehead atoms. The Morgan fingerprint density at radius 3 is 2.33 bits per heavy atom. The van der Waals surface area contributed by atoms with Crippen molar-refractivity contribution in [3.8, 4) is 5.75 Å². The highest BCUT2D eigenvalue weighted by molar-refractivity contribution is 8.10. The number of likely N-dealkylation sites (tertiary alicyclic amines) is 1. The van der Waals surface area contributed by atoms with Crippen molar-refractivity contribution in [2.45, 2.75) is 52.5 Å². The van der Waals surface area contributed by atoms with Gasteiger partial charge in [-0.05, 0) is 57.4 Å². The van der Waals surface area contributed by atoms with Crippen LogP contribution in [0.3, 0.4) is 0 Å². The van der Waals surface area contributed by atoms with Gasteiger partial charge in [-0.2, -0.15) is 0 Å². The summed E-state index contributed by atoms with van der Waals surface area (Å²) in [5.74, 6) is -0.0352. The molecular weight excluding hydrogens is 448 g/mol. The van der Waals surface area contributed by atoms with Gasteiger partial charge in [0, 0.05) is 37.8 Å². The average Bonchev–Trinajstić information content (AvgIpc) is 3.18. The molecule has 2 N–H and O–H groups in total. The highest BCUT2D eigenvalue weighted by Gasteiger charge is 2.37. The van der Waals surface area contributed by atoms with Gasteiger partial charge in [-0.1, -0.05) is 6.92 Å². The van der Waals surface area contributed by atoms with E-state index in [1.54, 1.807) is 12.1 Å². The third-order valence-electron chi connectivity index (χ3n) is 6.48. The molecular formula is C23H36N2O7S. The normalized spacial score (nSPS) is 22.3. The second-order valence-electron chi connectivity index (χ2n) is 9.61. The number of benzene rings is 1. The van der Waals surface area contributed by atoms with Crippen LogP contribution in [0.4, 0.5) is 5.69 Å². The predicted octanol–water partition coefficient (Wildman–Crippen LogP) is 2.97. The molecule has 2 heterocycles. The molecule has 1 aromatic carbocycles. The topological polar surface area (TPSA) is 117 Å². The Bertz CT molecular complexity index is 911. The van der Waals surface area contributed by atoms with Crippen molar-refractivity contribution >= 4 is 27.2 Å². The van der Waals surface area contributed by atoms with E-state index in [1.165, 1.54) is 0 Å². The SMILES string of the molecule is CCC(CC(C)(C)C(=O)OCOc1ccc(N2CCS(=O)(O)(O)CC2)cc1)N1CCCC1=O. The first-order valence-corrected chi connectivity index (χ1v) is 13.7. The van der Waals surface area contributed by atoms with Gasteiger partial charge in [-0.15, -0.1) is 0 Å². The fourth-order valence-electron chi connectivity index (χ4n) is 4.36. The van der Waals surface area contributed by atoms with Crippen LogP contribution in [0, 0.1) is 5.41 Å². The number of amides is 1. The largest absolute Gasteiger partial charge is 0.457 e. The Morgan fingerprint density at radius 1 is 1.15 bits per heavy atom. The van der Waals surface area contributed by atoms with Crippen molar-refractivity contribution in [1.29, 1.82) is 0 Å². The molecule has 1 aromatic rings. The van der Waals surface area contributed by atoms with Crippen molar-refractivity contribution in [1.82, 2.24) is 4.90 Å². The first-order valence-electron chi connectivity index (χ1n) is 11.5. The van der Waals surface area contributed by atoms with E-state index >= 15 is 0 Å². The lowest BCUT2D eigenvalue weighted by molar-refractivity contribution is -0.162. The Kier molecular flexibility index (Phi) is 7.40. The van der Waals surface area contributed by atoms with Crippen molar-refractivity contribution in [3.05, 3.63) is 24.3 Å². The molecule has 10 heteroatoms. The summed E-state index contributed by atoms with van der Waals surface area (Å²) in [5, 5.41) is 0. The predicted molar refractivity (Wildman–Crippen MR) is 127 cm³/mol. The van der Waals surface area contributed by atoms with E-state index in [2.05, 4.69) is 0 Å². The van der Waals surface area contributed by atoms with E-state index in [1.807, 2.05) is 42.7 Å². The second-order valence-corrected chi connectivity index (χ2v) is 12.8. The smallest absolute Gasteiger partial charge is 0.314 e. The molecule has 0 spiro atoms. The summed E-state index contributed by atoms with van der Waals surface area (Å²) < 4.78 is 42.1. The minimum absolute atomic E-state index is 0.0196. The van der Waals surface area contributed by atoms with Gasteiger partial charge in [0.25, 0.3) is 0 Å². The molecule has 1 amide bonds. The molecule has 0 aromatic heterocycles. The van der Waals surface area contributed by atoms with Crippen molar-refractivity contribution in [2.24, 2.45) is 5.41 Å². The van der Waals surface area contributed by atoms with Crippen LogP contribution < -0.4 is 9.64 Å². The third-order valence-corrected chi connectivity index (χ3v) is 8.49. The maximum absolute atomic E-state index is 12.7. The summed E-state index contributed by atoms with van der Waals surface area (Å²) in [5.41, 5.74) is 0.103. The molecule has 0 saturated carbocycles. The first kappa shape index (κ1) is 25.5. The van der Waals surface area contributed by atoms with E-state index in [9.17, 15) is 22.9 Å². The summed E-state index contributed by atoms with van der Waals surface area (Å²) in [4.78, 5) is 28.6. The molecule has 2 saturated heterocycles. The molecule has 1 atom stereocenters. The van der Waals surface area contributed by atoms with E-state index in [-0.39, 0.29) is 49.3 Å². The third kappa shape index (κ3) is 6.68. The standard InChI is InChI=1S/C23H36N2O7S/c1-4-18(25-11-5-6-21(25)26)16-23(2,3)22(27)32-17-31-20-9-7-19(8-10-20)24-12-14-33(28,29,30)15-13-24/h7-10,18H,4-6,11-17H2,1-3H3,(H2,28,29,30). The Labute approximate surface area is 195 Å². The van der Waals surface area contributed by atoms with Crippen molar-refractivity contribution in [2.75, 3.05) is 42.8 Å². The number of nitrogens with zero attached hydrogens (tertiary/aromatic N) is 2. The number of carbonyl (C=O) groups is 2. The zero-order valence-electron chi connectivity index (χ0n) is 19.7. The maximum Gasteiger partial charge on any atom is 0.314 e. The fraction of sp³-hybridized carbons (Fsp3) is 0.652. The van der Waals surface area contributed by atoms with Crippen LogP contribution in [0.15, 0.2) is 24.3 Å².